The number of oxazole rings is 1. The van der Waals surface area contributed by atoms with Gasteiger partial charge in [-0.1, -0.05) is 6.92 Å². The van der Waals surface area contributed by atoms with Crippen molar-refractivity contribution in [1.82, 2.24) is 4.98 Å². The molecule has 1 aromatic heterocycles. The van der Waals surface area contributed by atoms with Crippen LogP contribution in [-0.4, -0.2) is 28.3 Å². The fraction of sp³-hybridized carbons (Fsp3) is 0.852. The van der Waals surface area contributed by atoms with Gasteiger partial charge in [0.15, 0.2) is 5.89 Å². The smallest absolute Gasteiger partial charge is 0.375 e. The lowest BCUT2D eigenvalue weighted by Crippen LogP contribution is -2.50. The van der Waals surface area contributed by atoms with E-state index in [2.05, 4.69) is 18.8 Å². The molecule has 5 rings (SSSR count). The molecule has 0 unspecified atom stereocenters. The van der Waals surface area contributed by atoms with Crippen LogP contribution in [0.5, 0.6) is 0 Å². The minimum Gasteiger partial charge on any atom is -0.460 e. The van der Waals surface area contributed by atoms with Gasteiger partial charge >= 0.3 is 5.97 Å². The van der Waals surface area contributed by atoms with E-state index in [4.69, 9.17) is 9.15 Å². The summed E-state index contributed by atoms with van der Waals surface area (Å²) >= 11 is 0. The minimum atomic E-state index is -0.428. The summed E-state index contributed by atoms with van der Waals surface area (Å²) in [6, 6.07) is 0. The lowest BCUT2D eigenvalue weighted by molar-refractivity contribution is -0.0999. The summed E-state index contributed by atoms with van der Waals surface area (Å²) in [5, 5.41) is 10.6. The maximum atomic E-state index is 11.9. The van der Waals surface area contributed by atoms with Crippen LogP contribution in [0.4, 0.5) is 0 Å². The highest BCUT2D eigenvalue weighted by Gasteiger charge is 2.57. The molecule has 8 atom stereocenters. The summed E-state index contributed by atoms with van der Waals surface area (Å²) in [7, 11) is 0. The highest BCUT2D eigenvalue weighted by atomic mass is 16.5. The van der Waals surface area contributed by atoms with Crippen molar-refractivity contribution in [3.8, 4) is 0 Å². The Labute approximate surface area is 192 Å². The van der Waals surface area contributed by atoms with Crippen LogP contribution in [-0.2, 0) is 11.2 Å². The van der Waals surface area contributed by atoms with Gasteiger partial charge in [0.1, 0.15) is 0 Å². The van der Waals surface area contributed by atoms with Gasteiger partial charge in [0.25, 0.3) is 0 Å². The second-order valence-corrected chi connectivity index (χ2v) is 11.9. The number of carbonyl (C=O) groups excluding carboxylic acids is 1. The molecular formula is C27H41NO4. The SMILES string of the molecule is CCOC(=O)c1cnc(CC[C@H]2CC[C@H]3[C@@H]4CC[C@@H]5C[C@](C)(O)CC[C@@H]5[C@H]4CC[C@]23C)o1. The molecule has 0 amide bonds. The summed E-state index contributed by atoms with van der Waals surface area (Å²) in [6.07, 6.45) is 14.8. The summed E-state index contributed by atoms with van der Waals surface area (Å²) in [5.74, 6) is 5.43. The van der Waals surface area contributed by atoms with Gasteiger partial charge < -0.3 is 14.3 Å². The Morgan fingerprint density at radius 1 is 1.12 bits per heavy atom. The van der Waals surface area contributed by atoms with Gasteiger partial charge in [-0.3, -0.25) is 0 Å². The normalized spacial score (nSPS) is 43.2. The molecule has 0 bridgehead atoms. The van der Waals surface area contributed by atoms with Crippen LogP contribution in [0.15, 0.2) is 10.6 Å². The predicted molar refractivity (Wildman–Crippen MR) is 122 cm³/mol. The van der Waals surface area contributed by atoms with E-state index in [0.29, 0.717) is 17.9 Å². The first kappa shape index (κ1) is 22.4. The summed E-state index contributed by atoms with van der Waals surface area (Å²) < 4.78 is 10.7. The number of nitrogens with zero attached hydrogens (tertiary/aromatic N) is 1. The Bertz CT molecular complexity index is 831. The Morgan fingerprint density at radius 2 is 1.94 bits per heavy atom. The topological polar surface area (TPSA) is 72.6 Å². The van der Waals surface area contributed by atoms with E-state index in [1.165, 1.54) is 51.1 Å². The molecule has 1 aromatic rings. The first-order valence-corrected chi connectivity index (χ1v) is 13.1. The van der Waals surface area contributed by atoms with Crippen LogP contribution in [0, 0.1) is 40.9 Å². The highest BCUT2D eigenvalue weighted by Crippen LogP contribution is 2.65. The van der Waals surface area contributed by atoms with Crippen molar-refractivity contribution in [2.24, 2.45) is 40.9 Å². The molecule has 4 aliphatic rings. The lowest BCUT2D eigenvalue weighted by Gasteiger charge is -2.57. The predicted octanol–water partition coefficient (Wildman–Crippen LogP) is 5.80. The van der Waals surface area contributed by atoms with E-state index in [0.717, 1.165) is 61.2 Å². The van der Waals surface area contributed by atoms with E-state index in [9.17, 15) is 9.90 Å². The molecule has 0 spiro atoms. The van der Waals surface area contributed by atoms with E-state index in [1.807, 2.05) is 0 Å². The maximum absolute atomic E-state index is 11.9. The van der Waals surface area contributed by atoms with Crippen molar-refractivity contribution in [3.05, 3.63) is 17.8 Å². The number of carbonyl (C=O) groups is 1. The second kappa shape index (κ2) is 8.45. The molecule has 32 heavy (non-hydrogen) atoms. The molecule has 0 aliphatic heterocycles. The third-order valence-corrected chi connectivity index (χ3v) is 10.2. The van der Waals surface area contributed by atoms with E-state index < -0.39 is 11.6 Å². The fourth-order valence-electron chi connectivity index (χ4n) is 8.68. The molecule has 0 saturated heterocycles. The quantitative estimate of drug-likeness (QED) is 0.582. The van der Waals surface area contributed by atoms with Gasteiger partial charge in [-0.15, -0.1) is 0 Å². The van der Waals surface area contributed by atoms with Gasteiger partial charge in [0, 0.05) is 6.42 Å². The van der Waals surface area contributed by atoms with Crippen molar-refractivity contribution < 1.29 is 19.1 Å². The van der Waals surface area contributed by atoms with Crippen molar-refractivity contribution in [2.75, 3.05) is 6.61 Å². The Hall–Kier alpha value is -1.36. The molecule has 1 N–H and O–H groups in total. The van der Waals surface area contributed by atoms with Gasteiger partial charge in [0.05, 0.1) is 18.4 Å². The van der Waals surface area contributed by atoms with Gasteiger partial charge in [-0.2, -0.15) is 0 Å². The number of aliphatic hydroxyl groups is 1. The third kappa shape index (κ3) is 3.93. The third-order valence-electron chi connectivity index (χ3n) is 10.2. The Morgan fingerprint density at radius 3 is 2.75 bits per heavy atom. The van der Waals surface area contributed by atoms with Crippen molar-refractivity contribution in [2.45, 2.75) is 97.0 Å². The molecule has 4 saturated carbocycles. The largest absolute Gasteiger partial charge is 0.460 e. The first-order valence-electron chi connectivity index (χ1n) is 13.1. The summed E-state index contributed by atoms with van der Waals surface area (Å²) in [4.78, 5) is 16.2. The van der Waals surface area contributed by atoms with Crippen LogP contribution in [0.2, 0.25) is 0 Å². The number of hydrogen-bond acceptors (Lipinski definition) is 5. The standard InChI is InChI=1S/C27H41NO4/c1-4-31-25(29)23-16-28-24(32-23)10-7-18-6-9-22-21-8-5-17-15-26(2,30)13-11-19(17)20(21)12-14-27(18,22)3/h16-22,30H,4-15H2,1-3H3/t17-,18-,19+,20-,21-,22+,26-,27-/m1/s1. The van der Waals surface area contributed by atoms with E-state index in [1.54, 1.807) is 6.92 Å². The molecule has 178 valence electrons. The number of aryl methyl sites for hydroxylation is 1. The van der Waals surface area contributed by atoms with Crippen LogP contribution in [0.3, 0.4) is 0 Å². The van der Waals surface area contributed by atoms with Crippen LogP contribution in [0.1, 0.15) is 101 Å². The average Bonchev–Trinajstić information content (AvgIpc) is 3.35. The van der Waals surface area contributed by atoms with Crippen LogP contribution >= 0.6 is 0 Å². The Kier molecular flexibility index (Phi) is 5.92. The van der Waals surface area contributed by atoms with Crippen LogP contribution in [0.25, 0.3) is 0 Å². The van der Waals surface area contributed by atoms with Crippen LogP contribution < -0.4 is 0 Å². The van der Waals surface area contributed by atoms with Crippen molar-refractivity contribution in [1.29, 1.82) is 0 Å². The lowest BCUT2D eigenvalue weighted by atomic mass is 9.49. The number of fused-ring (bicyclic) bond motifs is 5. The monoisotopic (exact) mass is 443 g/mol. The number of aromatic nitrogens is 1. The summed E-state index contributed by atoms with van der Waals surface area (Å²) in [6.45, 7) is 6.77. The molecule has 4 aliphatic carbocycles. The average molecular weight is 444 g/mol. The van der Waals surface area contributed by atoms with Crippen molar-refractivity contribution >= 4 is 5.97 Å². The molecule has 0 aromatic carbocycles. The van der Waals surface area contributed by atoms with Crippen molar-refractivity contribution in [3.63, 3.8) is 0 Å². The van der Waals surface area contributed by atoms with Gasteiger partial charge in [-0.25, -0.2) is 9.78 Å². The number of hydrogen-bond donors (Lipinski definition) is 1. The number of ether oxygens (including phenoxy) is 1. The zero-order valence-corrected chi connectivity index (χ0v) is 20.1. The molecular weight excluding hydrogens is 402 g/mol. The number of rotatable bonds is 5. The molecule has 0 radical (unpaired) electrons. The molecule has 4 fully saturated rings. The number of esters is 1. The molecule has 1 heterocycles. The minimum absolute atomic E-state index is 0.223. The first-order chi connectivity index (χ1) is 15.3. The van der Waals surface area contributed by atoms with Gasteiger partial charge in [0.2, 0.25) is 5.76 Å². The fourth-order valence-corrected chi connectivity index (χ4v) is 8.68. The van der Waals surface area contributed by atoms with E-state index in [-0.39, 0.29) is 5.76 Å². The maximum Gasteiger partial charge on any atom is 0.375 e. The molecule has 5 nitrogen and oxygen atoms in total. The zero-order valence-electron chi connectivity index (χ0n) is 20.1. The highest BCUT2D eigenvalue weighted by molar-refractivity contribution is 5.85. The van der Waals surface area contributed by atoms with E-state index >= 15 is 0 Å². The van der Waals surface area contributed by atoms with Gasteiger partial charge in [-0.05, 0) is 119 Å². The second-order valence-electron chi connectivity index (χ2n) is 11.9. The zero-order chi connectivity index (χ0) is 22.5. The summed E-state index contributed by atoms with van der Waals surface area (Å²) in [5.41, 5.74) is 0.00734. The molecule has 5 heteroatoms. The Balaban J connectivity index is 1.22.